The van der Waals surface area contributed by atoms with Gasteiger partial charge in [0, 0.05) is 48.5 Å². The second-order valence-electron chi connectivity index (χ2n) is 7.50. The van der Waals surface area contributed by atoms with E-state index in [1.165, 1.54) is 26.2 Å². The monoisotopic (exact) mass is 430 g/mol. The Hall–Kier alpha value is -2.74. The number of piperazine rings is 1. The molecule has 0 spiro atoms. The predicted molar refractivity (Wildman–Crippen MR) is 114 cm³/mol. The molecule has 8 heteroatoms. The second-order valence-corrected chi connectivity index (χ2v) is 8.47. The number of hydrogen-bond donors (Lipinski definition) is 0. The van der Waals surface area contributed by atoms with Gasteiger partial charge in [0.15, 0.2) is 11.5 Å². The lowest BCUT2D eigenvalue weighted by Gasteiger charge is -2.35. The van der Waals surface area contributed by atoms with E-state index in [4.69, 9.17) is 14.2 Å². The number of amides is 2. The number of carbonyl (C=O) groups is 2. The van der Waals surface area contributed by atoms with Gasteiger partial charge in [-0.25, -0.2) is 0 Å². The average Bonchev–Trinajstić information content (AvgIpc) is 3.40. The van der Waals surface area contributed by atoms with Gasteiger partial charge in [0.05, 0.1) is 21.3 Å². The van der Waals surface area contributed by atoms with Gasteiger partial charge < -0.3 is 24.0 Å². The Morgan fingerprint density at radius 1 is 0.967 bits per heavy atom. The molecule has 1 saturated carbocycles. The van der Waals surface area contributed by atoms with E-state index in [-0.39, 0.29) is 17.7 Å². The molecule has 2 atom stereocenters. The van der Waals surface area contributed by atoms with Crippen LogP contribution in [-0.4, -0.2) is 69.1 Å². The molecule has 1 saturated heterocycles. The Morgan fingerprint density at radius 3 is 2.13 bits per heavy atom. The smallest absolute Gasteiger partial charge is 0.254 e. The Morgan fingerprint density at radius 2 is 1.60 bits per heavy atom. The van der Waals surface area contributed by atoms with Crippen LogP contribution in [0.4, 0.5) is 0 Å². The van der Waals surface area contributed by atoms with Crippen LogP contribution in [0.15, 0.2) is 29.6 Å². The van der Waals surface area contributed by atoms with Crippen molar-refractivity contribution in [1.29, 1.82) is 0 Å². The summed E-state index contributed by atoms with van der Waals surface area (Å²) < 4.78 is 16.0. The molecular weight excluding hydrogens is 404 g/mol. The van der Waals surface area contributed by atoms with Crippen LogP contribution in [0.5, 0.6) is 17.2 Å². The number of ether oxygens (including phenoxy) is 3. The molecule has 4 rings (SSSR count). The molecule has 160 valence electrons. The minimum Gasteiger partial charge on any atom is -0.493 e. The maximum absolute atomic E-state index is 13.0. The van der Waals surface area contributed by atoms with Gasteiger partial charge >= 0.3 is 0 Å². The highest BCUT2D eigenvalue weighted by Crippen LogP contribution is 2.50. The summed E-state index contributed by atoms with van der Waals surface area (Å²) in [5.41, 5.74) is 0.476. The fourth-order valence-electron chi connectivity index (χ4n) is 4.04. The lowest BCUT2D eigenvalue weighted by Crippen LogP contribution is -2.51. The molecule has 1 aliphatic heterocycles. The predicted octanol–water partition coefficient (Wildman–Crippen LogP) is 2.86. The van der Waals surface area contributed by atoms with Crippen molar-refractivity contribution in [2.24, 2.45) is 5.92 Å². The van der Waals surface area contributed by atoms with Crippen LogP contribution in [0.25, 0.3) is 0 Å². The largest absolute Gasteiger partial charge is 0.493 e. The summed E-state index contributed by atoms with van der Waals surface area (Å²) >= 11 is 1.72. The van der Waals surface area contributed by atoms with Crippen LogP contribution < -0.4 is 14.2 Å². The normalized spacial score (nSPS) is 20.6. The van der Waals surface area contributed by atoms with Crippen molar-refractivity contribution in [1.82, 2.24) is 9.80 Å². The van der Waals surface area contributed by atoms with E-state index in [9.17, 15) is 9.59 Å². The number of methoxy groups -OCH3 is 3. The first kappa shape index (κ1) is 20.5. The van der Waals surface area contributed by atoms with E-state index >= 15 is 0 Å². The average molecular weight is 431 g/mol. The zero-order chi connectivity index (χ0) is 21.3. The Bertz CT molecular complexity index is 897. The lowest BCUT2D eigenvalue weighted by atomic mass is 10.1. The number of hydrogen-bond acceptors (Lipinski definition) is 6. The fraction of sp³-hybridized carbons (Fsp3) is 0.455. The van der Waals surface area contributed by atoms with Crippen LogP contribution in [0.2, 0.25) is 0 Å². The molecule has 2 aliphatic rings. The third-order valence-electron chi connectivity index (χ3n) is 5.81. The van der Waals surface area contributed by atoms with Gasteiger partial charge in [0.25, 0.3) is 5.91 Å². The van der Waals surface area contributed by atoms with Gasteiger partial charge in [-0.2, -0.15) is 0 Å². The lowest BCUT2D eigenvalue weighted by molar-refractivity contribution is -0.134. The van der Waals surface area contributed by atoms with Crippen molar-refractivity contribution in [3.8, 4) is 17.2 Å². The number of benzene rings is 1. The van der Waals surface area contributed by atoms with E-state index in [2.05, 4.69) is 11.4 Å². The number of thiophene rings is 1. The molecule has 1 aromatic heterocycles. The summed E-state index contributed by atoms with van der Waals surface area (Å²) in [6.07, 6.45) is 0.934. The van der Waals surface area contributed by atoms with E-state index in [1.54, 1.807) is 28.4 Å². The van der Waals surface area contributed by atoms with Crippen molar-refractivity contribution in [2.75, 3.05) is 47.5 Å². The summed E-state index contributed by atoms with van der Waals surface area (Å²) in [5, 5.41) is 2.06. The number of carbonyl (C=O) groups excluding carboxylic acids is 2. The topological polar surface area (TPSA) is 68.3 Å². The highest BCUT2D eigenvalue weighted by Gasteiger charge is 2.46. The highest BCUT2D eigenvalue weighted by atomic mass is 32.1. The Labute approximate surface area is 180 Å². The zero-order valence-electron chi connectivity index (χ0n) is 17.4. The maximum Gasteiger partial charge on any atom is 0.254 e. The SMILES string of the molecule is COc1cc(C(=O)N2CCN(C(=O)C3CC3c3cccs3)CC2)cc(OC)c1OC. The summed E-state index contributed by atoms with van der Waals surface area (Å²) in [4.78, 5) is 30.8. The molecule has 2 fully saturated rings. The first-order valence-corrected chi connectivity index (χ1v) is 10.9. The van der Waals surface area contributed by atoms with Crippen LogP contribution in [0.3, 0.4) is 0 Å². The first-order valence-electron chi connectivity index (χ1n) is 9.98. The molecule has 30 heavy (non-hydrogen) atoms. The Kier molecular flexibility index (Phi) is 5.85. The number of rotatable bonds is 6. The molecule has 1 aromatic carbocycles. The third kappa shape index (κ3) is 3.84. The third-order valence-corrected chi connectivity index (χ3v) is 6.81. The van der Waals surface area contributed by atoms with Crippen LogP contribution in [-0.2, 0) is 4.79 Å². The van der Waals surface area contributed by atoms with Crippen LogP contribution >= 0.6 is 11.3 Å². The summed E-state index contributed by atoms with van der Waals surface area (Å²) in [6.45, 7) is 2.14. The van der Waals surface area contributed by atoms with Crippen LogP contribution in [0.1, 0.15) is 27.6 Å². The quantitative estimate of drug-likeness (QED) is 0.705. The van der Waals surface area contributed by atoms with Gasteiger partial charge in [-0.1, -0.05) is 6.07 Å². The zero-order valence-corrected chi connectivity index (χ0v) is 18.2. The molecule has 2 aromatic rings. The standard InChI is InChI=1S/C22H26N2O5S/c1-27-17-11-14(12-18(28-2)20(17)29-3)21(25)23-6-8-24(9-7-23)22(26)16-13-15(16)19-5-4-10-30-19/h4-5,10-12,15-16H,6-9,13H2,1-3H3. The molecule has 0 N–H and O–H groups in total. The first-order chi connectivity index (χ1) is 14.6. The molecule has 1 aliphatic carbocycles. The fourth-order valence-corrected chi connectivity index (χ4v) is 4.94. The van der Waals surface area contributed by atoms with E-state index in [0.29, 0.717) is 54.9 Å². The van der Waals surface area contributed by atoms with Gasteiger partial charge in [0.2, 0.25) is 11.7 Å². The molecule has 2 amide bonds. The highest BCUT2D eigenvalue weighted by molar-refractivity contribution is 7.10. The van der Waals surface area contributed by atoms with Gasteiger partial charge in [-0.15, -0.1) is 11.3 Å². The molecule has 0 radical (unpaired) electrons. The summed E-state index contributed by atoms with van der Waals surface area (Å²) in [7, 11) is 4.58. The van der Waals surface area contributed by atoms with Gasteiger partial charge in [-0.3, -0.25) is 9.59 Å². The summed E-state index contributed by atoms with van der Waals surface area (Å²) in [5.74, 6) is 1.93. The molecule has 2 unspecified atom stereocenters. The van der Waals surface area contributed by atoms with Crippen LogP contribution in [0, 0.1) is 5.92 Å². The van der Waals surface area contributed by atoms with Gasteiger partial charge in [0.1, 0.15) is 0 Å². The van der Waals surface area contributed by atoms with Gasteiger partial charge in [-0.05, 0) is 30.0 Å². The van der Waals surface area contributed by atoms with Crippen molar-refractivity contribution < 1.29 is 23.8 Å². The molecule has 2 heterocycles. The van der Waals surface area contributed by atoms with Crippen molar-refractivity contribution in [3.63, 3.8) is 0 Å². The van der Waals surface area contributed by atoms with Crippen molar-refractivity contribution >= 4 is 23.2 Å². The summed E-state index contributed by atoms with van der Waals surface area (Å²) in [6, 6.07) is 7.47. The molecular formula is C22H26N2O5S. The minimum atomic E-state index is -0.107. The van der Waals surface area contributed by atoms with Crippen molar-refractivity contribution in [3.05, 3.63) is 40.1 Å². The van der Waals surface area contributed by atoms with Crippen molar-refractivity contribution in [2.45, 2.75) is 12.3 Å². The molecule has 0 bridgehead atoms. The maximum atomic E-state index is 13.0. The number of nitrogens with zero attached hydrogens (tertiary/aromatic N) is 2. The van der Waals surface area contributed by atoms with E-state index in [1.807, 2.05) is 11.0 Å². The minimum absolute atomic E-state index is 0.0982. The molecule has 7 nitrogen and oxygen atoms in total. The van der Waals surface area contributed by atoms with E-state index < -0.39 is 0 Å². The second kappa shape index (κ2) is 8.55. The Balaban J connectivity index is 1.38. The van der Waals surface area contributed by atoms with E-state index in [0.717, 1.165) is 6.42 Å².